The predicted molar refractivity (Wildman–Crippen MR) is 93.1 cm³/mol. The first-order valence-electron chi connectivity index (χ1n) is 8.39. The Bertz CT molecular complexity index is 849. The molecule has 1 aromatic carbocycles. The lowest BCUT2D eigenvalue weighted by molar-refractivity contribution is -0.116. The van der Waals surface area contributed by atoms with Crippen LogP contribution in [0.4, 0.5) is 10.2 Å². The number of aromatic nitrogens is 2. The smallest absolute Gasteiger partial charge is 0.374 e. The fourth-order valence-corrected chi connectivity index (χ4v) is 2.75. The van der Waals surface area contributed by atoms with Gasteiger partial charge in [-0.05, 0) is 37.1 Å². The molecule has 2 atom stereocenters. The number of hydrogen-bond acceptors (Lipinski definition) is 5. The van der Waals surface area contributed by atoms with Crippen LogP contribution in [0.3, 0.4) is 0 Å². The topological polar surface area (TPSA) is 76.2 Å². The van der Waals surface area contributed by atoms with Gasteiger partial charge < -0.3 is 14.6 Å². The van der Waals surface area contributed by atoms with Crippen molar-refractivity contribution in [1.82, 2.24) is 14.5 Å². The van der Waals surface area contributed by atoms with E-state index in [1.54, 1.807) is 26.2 Å². The van der Waals surface area contributed by atoms with E-state index < -0.39 is 5.97 Å². The lowest BCUT2D eigenvalue weighted by atomic mass is 10.1. The summed E-state index contributed by atoms with van der Waals surface area (Å²) in [4.78, 5) is 30.2. The van der Waals surface area contributed by atoms with Crippen molar-refractivity contribution < 1.29 is 18.7 Å². The molecule has 0 aliphatic carbocycles. The Kier molecular flexibility index (Phi) is 5.03. The summed E-state index contributed by atoms with van der Waals surface area (Å²) in [5.74, 6) is -0.592. The van der Waals surface area contributed by atoms with Gasteiger partial charge in [0.05, 0.1) is 6.61 Å². The molecule has 138 valence electrons. The summed E-state index contributed by atoms with van der Waals surface area (Å²) < 4.78 is 19.8. The van der Waals surface area contributed by atoms with Crippen LogP contribution >= 0.6 is 0 Å². The van der Waals surface area contributed by atoms with Gasteiger partial charge in [-0.25, -0.2) is 14.2 Å². The highest BCUT2D eigenvalue weighted by atomic mass is 19.1. The summed E-state index contributed by atoms with van der Waals surface area (Å²) in [6.45, 7) is 4.99. The minimum atomic E-state index is -0.537. The number of nitrogens with one attached hydrogen (secondary N) is 1. The number of hydrogen-bond donors (Lipinski definition) is 1. The molecule has 1 aliphatic rings. The summed E-state index contributed by atoms with van der Waals surface area (Å²) in [7, 11) is 1.66. The van der Waals surface area contributed by atoms with Crippen molar-refractivity contribution in [2.45, 2.75) is 26.4 Å². The standard InChI is InChI=1S/C18H21FN4O3/c1-4-26-18(25)16-20-15(10-22(16)3)21-17(24)14-9-23(14)8-12-7-13(19)6-5-11(12)2/h5-7,10,14H,4,8-9H2,1-3H3,(H,21,24). The van der Waals surface area contributed by atoms with Gasteiger partial charge in [-0.2, -0.15) is 0 Å². The van der Waals surface area contributed by atoms with E-state index in [1.807, 2.05) is 11.8 Å². The van der Waals surface area contributed by atoms with E-state index in [2.05, 4.69) is 10.3 Å². The van der Waals surface area contributed by atoms with E-state index in [9.17, 15) is 14.0 Å². The average Bonchev–Trinajstić information content (AvgIpc) is 3.26. The third-order valence-electron chi connectivity index (χ3n) is 4.29. The van der Waals surface area contributed by atoms with Gasteiger partial charge in [-0.3, -0.25) is 9.69 Å². The first-order valence-corrected chi connectivity index (χ1v) is 8.39. The zero-order valence-electron chi connectivity index (χ0n) is 15.0. The van der Waals surface area contributed by atoms with Crippen LogP contribution in [0.2, 0.25) is 0 Å². The number of aryl methyl sites for hydroxylation is 2. The molecule has 0 spiro atoms. The molecule has 1 aliphatic heterocycles. The Morgan fingerprint density at radius 2 is 2.19 bits per heavy atom. The molecule has 0 saturated carbocycles. The van der Waals surface area contributed by atoms with Crippen molar-refractivity contribution in [2.75, 3.05) is 18.5 Å². The highest BCUT2D eigenvalue weighted by molar-refractivity contribution is 5.96. The minimum absolute atomic E-state index is 0.130. The van der Waals surface area contributed by atoms with Crippen molar-refractivity contribution in [3.05, 3.63) is 47.2 Å². The van der Waals surface area contributed by atoms with E-state index >= 15 is 0 Å². The number of amides is 1. The number of nitrogens with zero attached hydrogens (tertiary/aromatic N) is 3. The first-order chi connectivity index (χ1) is 12.4. The Morgan fingerprint density at radius 3 is 2.92 bits per heavy atom. The Balaban J connectivity index is 1.59. The molecule has 1 saturated heterocycles. The van der Waals surface area contributed by atoms with Crippen LogP contribution in [0, 0.1) is 12.7 Å². The lowest BCUT2D eigenvalue weighted by Crippen LogP contribution is -2.22. The second-order valence-corrected chi connectivity index (χ2v) is 6.29. The number of anilines is 1. The largest absolute Gasteiger partial charge is 0.460 e. The van der Waals surface area contributed by atoms with Gasteiger partial charge >= 0.3 is 5.97 Å². The van der Waals surface area contributed by atoms with E-state index in [0.29, 0.717) is 18.9 Å². The number of esters is 1. The second-order valence-electron chi connectivity index (χ2n) is 6.29. The predicted octanol–water partition coefficient (Wildman–Crippen LogP) is 1.87. The summed E-state index contributed by atoms with van der Waals surface area (Å²) in [5, 5.41) is 2.71. The molecular weight excluding hydrogens is 339 g/mol. The number of ether oxygens (including phenoxy) is 1. The summed E-state index contributed by atoms with van der Waals surface area (Å²) in [6.07, 6.45) is 1.56. The first kappa shape index (κ1) is 18.1. The number of carbonyl (C=O) groups is 2. The number of rotatable bonds is 6. The third kappa shape index (κ3) is 3.91. The molecule has 2 aromatic rings. The van der Waals surface area contributed by atoms with Crippen molar-refractivity contribution in [2.24, 2.45) is 7.05 Å². The molecule has 1 fully saturated rings. The van der Waals surface area contributed by atoms with Crippen LogP contribution < -0.4 is 5.32 Å². The summed E-state index contributed by atoms with van der Waals surface area (Å²) in [5.41, 5.74) is 1.85. The van der Waals surface area contributed by atoms with Gasteiger partial charge in [0, 0.05) is 26.3 Å². The molecule has 1 N–H and O–H groups in total. The van der Waals surface area contributed by atoms with E-state index in [-0.39, 0.29) is 30.2 Å². The monoisotopic (exact) mass is 360 g/mol. The molecule has 3 rings (SSSR count). The van der Waals surface area contributed by atoms with Gasteiger partial charge in [-0.1, -0.05) is 6.07 Å². The van der Waals surface area contributed by atoms with Crippen LogP contribution in [0.15, 0.2) is 24.4 Å². The molecule has 2 unspecified atom stereocenters. The van der Waals surface area contributed by atoms with Crippen molar-refractivity contribution in [1.29, 1.82) is 0 Å². The van der Waals surface area contributed by atoms with Crippen LogP contribution in [-0.4, -0.2) is 45.5 Å². The third-order valence-corrected chi connectivity index (χ3v) is 4.29. The van der Waals surface area contributed by atoms with Crippen molar-refractivity contribution >= 4 is 17.7 Å². The van der Waals surface area contributed by atoms with E-state index in [1.165, 1.54) is 16.7 Å². The van der Waals surface area contributed by atoms with E-state index in [0.717, 1.165) is 11.1 Å². The second kappa shape index (κ2) is 7.25. The molecule has 0 bridgehead atoms. The number of carbonyl (C=O) groups excluding carboxylic acids is 2. The van der Waals surface area contributed by atoms with Gasteiger partial charge in [0.1, 0.15) is 11.9 Å². The highest BCUT2D eigenvalue weighted by Gasteiger charge is 2.40. The summed E-state index contributed by atoms with van der Waals surface area (Å²) >= 11 is 0. The molecule has 7 nitrogen and oxygen atoms in total. The molecule has 8 heteroatoms. The van der Waals surface area contributed by atoms with E-state index in [4.69, 9.17) is 4.74 Å². The van der Waals surface area contributed by atoms with Crippen LogP contribution in [-0.2, 0) is 23.1 Å². The maximum atomic E-state index is 13.4. The highest BCUT2D eigenvalue weighted by Crippen LogP contribution is 2.24. The zero-order chi connectivity index (χ0) is 18.8. The normalized spacial score (nSPS) is 18.5. The Labute approximate surface area is 150 Å². The zero-order valence-corrected chi connectivity index (χ0v) is 15.0. The van der Waals surface area contributed by atoms with Gasteiger partial charge in [-0.15, -0.1) is 0 Å². The molecule has 2 heterocycles. The summed E-state index contributed by atoms with van der Waals surface area (Å²) in [6, 6.07) is 4.36. The molecule has 1 amide bonds. The average molecular weight is 360 g/mol. The number of imidazole rings is 1. The quantitative estimate of drug-likeness (QED) is 0.629. The lowest BCUT2D eigenvalue weighted by Gasteiger charge is -2.07. The number of benzene rings is 1. The Hall–Kier alpha value is -2.74. The molecular formula is C18H21FN4O3. The molecule has 26 heavy (non-hydrogen) atoms. The van der Waals surface area contributed by atoms with Crippen LogP contribution in [0.25, 0.3) is 0 Å². The Morgan fingerprint density at radius 1 is 1.42 bits per heavy atom. The maximum absolute atomic E-state index is 13.4. The SMILES string of the molecule is CCOC(=O)c1nc(NC(=O)C2CN2Cc2cc(F)ccc2C)cn1C. The fraction of sp³-hybridized carbons (Fsp3) is 0.389. The minimum Gasteiger partial charge on any atom is -0.460 e. The van der Waals surface area contributed by atoms with Crippen molar-refractivity contribution in [3.63, 3.8) is 0 Å². The molecule has 1 aromatic heterocycles. The van der Waals surface area contributed by atoms with Crippen LogP contribution in [0.5, 0.6) is 0 Å². The molecule has 0 radical (unpaired) electrons. The van der Waals surface area contributed by atoms with Gasteiger partial charge in [0.25, 0.3) is 0 Å². The maximum Gasteiger partial charge on any atom is 0.374 e. The number of halogens is 1. The fourth-order valence-electron chi connectivity index (χ4n) is 2.75. The van der Waals surface area contributed by atoms with Gasteiger partial charge in [0.15, 0.2) is 5.82 Å². The van der Waals surface area contributed by atoms with Crippen LogP contribution in [0.1, 0.15) is 28.7 Å². The van der Waals surface area contributed by atoms with Crippen molar-refractivity contribution in [3.8, 4) is 0 Å². The van der Waals surface area contributed by atoms with Gasteiger partial charge in [0.2, 0.25) is 11.7 Å².